The highest BCUT2D eigenvalue weighted by Gasteiger charge is 2.28. The molecule has 2 N–H and O–H groups in total. The molecule has 168 valence electrons. The molecular weight excluding hydrogens is 444 g/mol. The molecule has 0 aromatic heterocycles. The van der Waals surface area contributed by atoms with Crippen LogP contribution in [0.2, 0.25) is 5.02 Å². The van der Waals surface area contributed by atoms with Crippen LogP contribution in [0.4, 0.5) is 0 Å². The highest BCUT2D eigenvalue weighted by Crippen LogP contribution is 2.22. The molecule has 0 bridgehead atoms. The molecule has 0 aliphatic carbocycles. The zero-order valence-electron chi connectivity index (χ0n) is 18.4. The largest absolute Gasteiger partial charge is 0.351 e. The molecule has 1 amide bonds. The van der Waals surface area contributed by atoms with Crippen LogP contribution in [0.3, 0.4) is 0 Å². The summed E-state index contributed by atoms with van der Waals surface area (Å²) in [5.74, 6) is -0.394. The molecule has 0 fully saturated rings. The first-order valence-corrected chi connectivity index (χ1v) is 12.2. The number of halogens is 1. The Hall–Kier alpha value is -2.67. The number of carbonyl (C=O) groups excluding carboxylic acids is 1. The van der Waals surface area contributed by atoms with Crippen LogP contribution in [-0.2, 0) is 27.8 Å². The van der Waals surface area contributed by atoms with Gasteiger partial charge in [0.25, 0.3) is 0 Å². The molecule has 0 radical (unpaired) electrons. The first-order valence-electron chi connectivity index (χ1n) is 10.3. The summed E-state index contributed by atoms with van der Waals surface area (Å²) in [7, 11) is -3.92. The molecule has 3 aromatic carbocycles. The van der Waals surface area contributed by atoms with Gasteiger partial charge in [-0.25, -0.2) is 8.42 Å². The van der Waals surface area contributed by atoms with Crippen molar-refractivity contribution in [2.24, 2.45) is 0 Å². The Morgan fingerprint density at radius 2 is 1.50 bits per heavy atom. The zero-order valence-corrected chi connectivity index (χ0v) is 19.9. The topological polar surface area (TPSA) is 75.3 Å². The van der Waals surface area contributed by atoms with Gasteiger partial charge in [0.15, 0.2) is 0 Å². The van der Waals surface area contributed by atoms with Gasteiger partial charge in [-0.1, -0.05) is 71.8 Å². The van der Waals surface area contributed by atoms with E-state index in [4.69, 9.17) is 11.6 Å². The molecule has 0 aliphatic heterocycles. The Labute approximate surface area is 194 Å². The lowest BCUT2D eigenvalue weighted by Crippen LogP contribution is -2.48. The van der Waals surface area contributed by atoms with Gasteiger partial charge in [-0.2, -0.15) is 4.72 Å². The molecule has 0 saturated heterocycles. The van der Waals surface area contributed by atoms with E-state index in [1.165, 1.54) is 0 Å². The number of aryl methyl sites for hydroxylation is 3. The van der Waals surface area contributed by atoms with E-state index in [-0.39, 0.29) is 17.9 Å². The standard InChI is InChI=1S/C25H27ClN2O3S/c1-17-13-18(2)24(19(3)14-17)32(30,31)28-23(15-20-7-5-4-6-8-20)25(29)27-16-21-9-11-22(26)12-10-21/h4-14,23,28H,15-16H2,1-3H3,(H,27,29)/t23-/m1/s1. The van der Waals surface area contributed by atoms with Crippen molar-refractivity contribution < 1.29 is 13.2 Å². The molecule has 7 heteroatoms. The van der Waals surface area contributed by atoms with Crippen molar-refractivity contribution in [1.82, 2.24) is 10.0 Å². The number of sulfonamides is 1. The smallest absolute Gasteiger partial charge is 0.241 e. The van der Waals surface area contributed by atoms with Crippen LogP contribution in [0.25, 0.3) is 0 Å². The highest BCUT2D eigenvalue weighted by atomic mass is 35.5. The Morgan fingerprint density at radius 3 is 2.09 bits per heavy atom. The third-order valence-electron chi connectivity index (χ3n) is 5.15. The number of benzene rings is 3. The maximum atomic E-state index is 13.3. The van der Waals surface area contributed by atoms with Gasteiger partial charge in [0.1, 0.15) is 6.04 Å². The summed E-state index contributed by atoms with van der Waals surface area (Å²) in [6.07, 6.45) is 0.233. The molecule has 32 heavy (non-hydrogen) atoms. The number of nitrogens with one attached hydrogen (secondary N) is 2. The summed E-state index contributed by atoms with van der Waals surface area (Å²) in [6.45, 7) is 5.72. The van der Waals surface area contributed by atoms with Gasteiger partial charge in [-0.15, -0.1) is 0 Å². The number of hydrogen-bond donors (Lipinski definition) is 2. The molecule has 0 spiro atoms. The first kappa shape index (κ1) is 24.0. The third-order valence-corrected chi connectivity index (χ3v) is 7.18. The lowest BCUT2D eigenvalue weighted by molar-refractivity contribution is -0.122. The van der Waals surface area contributed by atoms with Gasteiger partial charge in [0, 0.05) is 11.6 Å². The van der Waals surface area contributed by atoms with Gasteiger partial charge in [-0.3, -0.25) is 4.79 Å². The van der Waals surface area contributed by atoms with Crippen molar-refractivity contribution in [2.75, 3.05) is 0 Å². The minimum Gasteiger partial charge on any atom is -0.351 e. The van der Waals surface area contributed by atoms with Crippen LogP contribution in [0.1, 0.15) is 27.8 Å². The van der Waals surface area contributed by atoms with E-state index in [2.05, 4.69) is 10.0 Å². The van der Waals surface area contributed by atoms with Gasteiger partial charge in [0.2, 0.25) is 15.9 Å². The Morgan fingerprint density at radius 1 is 0.906 bits per heavy atom. The number of carbonyl (C=O) groups is 1. The van der Waals surface area contributed by atoms with Crippen LogP contribution in [0.15, 0.2) is 71.6 Å². The van der Waals surface area contributed by atoms with E-state index in [0.29, 0.717) is 16.1 Å². The average molecular weight is 471 g/mol. The van der Waals surface area contributed by atoms with Crippen molar-refractivity contribution in [3.63, 3.8) is 0 Å². The summed E-state index contributed by atoms with van der Waals surface area (Å²) in [4.78, 5) is 13.3. The fourth-order valence-electron chi connectivity index (χ4n) is 3.79. The van der Waals surface area contributed by atoms with Gasteiger partial charge >= 0.3 is 0 Å². The number of hydrogen-bond acceptors (Lipinski definition) is 3. The monoisotopic (exact) mass is 470 g/mol. The molecule has 1 atom stereocenters. The van der Waals surface area contributed by atoms with Crippen LogP contribution in [0.5, 0.6) is 0 Å². The molecule has 0 heterocycles. The molecule has 3 aromatic rings. The second kappa shape index (κ2) is 10.3. The van der Waals surface area contributed by atoms with Gasteiger partial charge in [-0.05, 0) is 61.6 Å². The van der Waals surface area contributed by atoms with E-state index in [1.807, 2.05) is 61.5 Å². The minimum atomic E-state index is -3.92. The number of rotatable bonds is 8. The fourth-order valence-corrected chi connectivity index (χ4v) is 5.56. The van der Waals surface area contributed by atoms with Crippen LogP contribution in [0, 0.1) is 20.8 Å². The average Bonchev–Trinajstić information content (AvgIpc) is 2.72. The predicted octanol–water partition coefficient (Wildman–Crippen LogP) is 4.47. The van der Waals surface area contributed by atoms with Crippen LogP contribution >= 0.6 is 11.6 Å². The molecule has 0 aliphatic rings. The van der Waals surface area contributed by atoms with Crippen molar-refractivity contribution in [3.05, 3.63) is 99.6 Å². The third kappa shape index (κ3) is 6.19. The molecule has 0 saturated carbocycles. The predicted molar refractivity (Wildman–Crippen MR) is 128 cm³/mol. The van der Waals surface area contributed by atoms with E-state index >= 15 is 0 Å². The maximum absolute atomic E-state index is 13.3. The van der Waals surface area contributed by atoms with Gasteiger partial charge < -0.3 is 5.32 Å². The quantitative estimate of drug-likeness (QED) is 0.510. The maximum Gasteiger partial charge on any atom is 0.241 e. The Kier molecular flexibility index (Phi) is 7.72. The minimum absolute atomic E-state index is 0.215. The lowest BCUT2D eigenvalue weighted by Gasteiger charge is -2.21. The normalized spacial score (nSPS) is 12.4. The summed E-state index contributed by atoms with van der Waals surface area (Å²) < 4.78 is 29.2. The van der Waals surface area contributed by atoms with E-state index in [9.17, 15) is 13.2 Å². The van der Waals surface area contributed by atoms with Crippen molar-refractivity contribution in [2.45, 2.75) is 44.7 Å². The first-order chi connectivity index (χ1) is 15.2. The van der Waals surface area contributed by atoms with E-state index in [0.717, 1.165) is 16.7 Å². The summed E-state index contributed by atoms with van der Waals surface area (Å²) >= 11 is 5.92. The van der Waals surface area contributed by atoms with Crippen molar-refractivity contribution >= 4 is 27.5 Å². The fraction of sp³-hybridized carbons (Fsp3) is 0.240. The molecule has 3 rings (SSSR count). The van der Waals surface area contributed by atoms with Crippen LogP contribution in [-0.4, -0.2) is 20.4 Å². The zero-order chi connectivity index (χ0) is 23.3. The van der Waals surface area contributed by atoms with Crippen molar-refractivity contribution in [1.29, 1.82) is 0 Å². The van der Waals surface area contributed by atoms with E-state index in [1.54, 1.807) is 26.0 Å². The second-order valence-electron chi connectivity index (χ2n) is 7.94. The Balaban J connectivity index is 1.85. The molecule has 0 unspecified atom stereocenters. The summed E-state index contributed by atoms with van der Waals surface area (Å²) in [6, 6.07) is 19.2. The SMILES string of the molecule is Cc1cc(C)c(S(=O)(=O)N[C@H](Cc2ccccc2)C(=O)NCc2ccc(Cl)cc2)c(C)c1. The van der Waals surface area contributed by atoms with Gasteiger partial charge in [0.05, 0.1) is 4.90 Å². The summed E-state index contributed by atoms with van der Waals surface area (Å²) in [5, 5.41) is 3.45. The molecule has 5 nitrogen and oxygen atoms in total. The van der Waals surface area contributed by atoms with E-state index < -0.39 is 22.0 Å². The molecular formula is C25H27ClN2O3S. The van der Waals surface area contributed by atoms with Crippen LogP contribution < -0.4 is 10.0 Å². The second-order valence-corrected chi connectivity index (χ2v) is 10.0. The Bertz CT molecular complexity index is 1170. The number of amides is 1. The van der Waals surface area contributed by atoms with Crippen molar-refractivity contribution in [3.8, 4) is 0 Å². The summed E-state index contributed by atoms with van der Waals surface area (Å²) in [5.41, 5.74) is 4.01. The lowest BCUT2D eigenvalue weighted by atomic mass is 10.1. The highest BCUT2D eigenvalue weighted by molar-refractivity contribution is 7.89.